The smallest absolute Gasteiger partial charge is 0.227 e. The first-order chi connectivity index (χ1) is 16.1. The zero-order valence-electron chi connectivity index (χ0n) is 18.3. The number of ether oxygens (including phenoxy) is 1. The monoisotopic (exact) mass is 443 g/mol. The molecule has 0 bridgehead atoms. The van der Waals surface area contributed by atoms with E-state index in [0.29, 0.717) is 17.9 Å². The Labute approximate surface area is 191 Å². The van der Waals surface area contributed by atoms with Crippen molar-refractivity contribution >= 4 is 11.4 Å². The number of carbonyl (C=O) groups is 1. The van der Waals surface area contributed by atoms with Gasteiger partial charge in [-0.3, -0.25) is 14.2 Å². The Hall–Kier alpha value is -3.74. The van der Waals surface area contributed by atoms with Crippen LogP contribution in [0.1, 0.15) is 38.1 Å². The number of imidazole rings is 1. The maximum Gasteiger partial charge on any atom is 0.227 e. The highest BCUT2D eigenvalue weighted by Gasteiger charge is 2.33. The molecule has 33 heavy (non-hydrogen) atoms. The largest absolute Gasteiger partial charge is 0.457 e. The Morgan fingerprint density at radius 3 is 2.85 bits per heavy atom. The molecule has 1 aliphatic rings. The van der Waals surface area contributed by atoms with E-state index in [0.717, 1.165) is 42.0 Å². The minimum absolute atomic E-state index is 0.0613. The van der Waals surface area contributed by atoms with Crippen molar-refractivity contribution in [2.75, 3.05) is 6.54 Å². The lowest BCUT2D eigenvalue weighted by Gasteiger charge is -2.23. The number of carbonyl (C=O) groups excluding carboxylic acids is 1. The maximum atomic E-state index is 13.4. The molecule has 0 unspecified atom stereocenters. The van der Waals surface area contributed by atoms with Crippen molar-refractivity contribution in [1.82, 2.24) is 19.3 Å². The minimum atomic E-state index is -0.343. The molecule has 1 radical (unpaired) electrons. The second-order valence-corrected chi connectivity index (χ2v) is 8.04. The van der Waals surface area contributed by atoms with Gasteiger partial charge in [0.1, 0.15) is 23.1 Å². The maximum absolute atomic E-state index is 13.4. The number of hydrogen-bond donors (Lipinski definition) is 0. The number of hydrogen-bond acceptors (Lipinski definition) is 4. The van der Waals surface area contributed by atoms with Crippen molar-refractivity contribution in [3.05, 3.63) is 85.2 Å². The molecule has 0 N–H and O–H groups in total. The molecule has 1 aliphatic heterocycles. The predicted octanol–water partition coefficient (Wildman–Crippen LogP) is 5.61. The second-order valence-electron chi connectivity index (χ2n) is 8.04. The fourth-order valence-electron chi connectivity index (χ4n) is 4.35. The molecule has 0 aliphatic carbocycles. The van der Waals surface area contributed by atoms with Crippen molar-refractivity contribution < 1.29 is 13.9 Å². The van der Waals surface area contributed by atoms with E-state index in [1.54, 1.807) is 30.9 Å². The average molecular weight is 444 g/mol. The van der Waals surface area contributed by atoms with Crippen molar-refractivity contribution in [2.45, 2.75) is 32.2 Å². The van der Waals surface area contributed by atoms with Crippen molar-refractivity contribution in [3.63, 3.8) is 0 Å². The van der Waals surface area contributed by atoms with Crippen LogP contribution in [0.2, 0.25) is 0 Å². The zero-order valence-corrected chi connectivity index (χ0v) is 18.3. The summed E-state index contributed by atoms with van der Waals surface area (Å²) >= 11 is 0. The van der Waals surface area contributed by atoms with Crippen LogP contribution in [0.3, 0.4) is 0 Å². The van der Waals surface area contributed by atoms with Crippen LogP contribution in [0, 0.1) is 12.2 Å². The average Bonchev–Trinajstić information content (AvgIpc) is 3.45. The molecule has 3 heterocycles. The van der Waals surface area contributed by atoms with Gasteiger partial charge >= 0.3 is 0 Å². The molecule has 2 aromatic heterocycles. The van der Waals surface area contributed by atoms with Gasteiger partial charge in [-0.05, 0) is 55.7 Å². The molecule has 7 heteroatoms. The van der Waals surface area contributed by atoms with E-state index in [1.807, 2.05) is 46.7 Å². The van der Waals surface area contributed by atoms with Crippen LogP contribution in [0.15, 0.2) is 67.1 Å². The number of amides is 1. The summed E-state index contributed by atoms with van der Waals surface area (Å²) in [6, 6.07) is 13.5. The van der Waals surface area contributed by atoms with Gasteiger partial charge in [-0.25, -0.2) is 9.37 Å². The molecule has 5 rings (SSSR count). The summed E-state index contributed by atoms with van der Waals surface area (Å²) in [5.74, 6) is 1.61. The molecule has 1 atom stereocenters. The van der Waals surface area contributed by atoms with Gasteiger partial charge < -0.3 is 9.64 Å². The van der Waals surface area contributed by atoms with E-state index in [2.05, 4.69) is 4.98 Å². The molecular weight excluding hydrogens is 419 g/mol. The summed E-state index contributed by atoms with van der Waals surface area (Å²) < 4.78 is 21.2. The molecule has 4 aromatic rings. The Balaban J connectivity index is 1.47. The van der Waals surface area contributed by atoms with Crippen LogP contribution in [-0.2, 0) is 4.79 Å². The second kappa shape index (κ2) is 9.02. The fourth-order valence-corrected chi connectivity index (χ4v) is 4.35. The normalized spacial score (nSPS) is 15.8. The number of aromatic nitrogens is 3. The third-order valence-corrected chi connectivity index (χ3v) is 5.85. The van der Waals surface area contributed by atoms with Gasteiger partial charge in [-0.1, -0.05) is 13.0 Å². The van der Waals surface area contributed by atoms with E-state index in [9.17, 15) is 9.18 Å². The van der Waals surface area contributed by atoms with Crippen LogP contribution in [0.4, 0.5) is 4.39 Å². The molecular formula is C26H24FN4O2. The van der Waals surface area contributed by atoms with Crippen LogP contribution in [0.25, 0.3) is 16.8 Å². The summed E-state index contributed by atoms with van der Waals surface area (Å²) in [4.78, 5) is 23.8. The van der Waals surface area contributed by atoms with Gasteiger partial charge in [0.15, 0.2) is 0 Å². The molecule has 6 nitrogen and oxygen atoms in total. The van der Waals surface area contributed by atoms with E-state index < -0.39 is 0 Å². The van der Waals surface area contributed by atoms with Gasteiger partial charge in [-0.15, -0.1) is 0 Å². The van der Waals surface area contributed by atoms with Crippen molar-refractivity contribution in [2.24, 2.45) is 0 Å². The molecule has 167 valence electrons. The van der Waals surface area contributed by atoms with E-state index in [1.165, 1.54) is 12.1 Å². The fraction of sp³-hybridized carbons (Fsp3) is 0.231. The highest BCUT2D eigenvalue weighted by atomic mass is 19.1. The number of rotatable bonds is 6. The topological polar surface area (TPSA) is 59.7 Å². The lowest BCUT2D eigenvalue weighted by molar-refractivity contribution is -0.128. The molecule has 1 fully saturated rings. The Morgan fingerprint density at radius 2 is 2.06 bits per heavy atom. The standard InChI is InChI=1S/C26H24FN4O2/c1-2-5-24(32)30-14-4-8-22(30)26-29-25(23-17-28-13-15-31(23)26)18-9-11-20(12-10-18)33-21-7-3-6-19(27)16-21/h3,5-7,9-13,15-17,22H,2,4,8,14H2,1H3/t22-/m0/s1. The van der Waals surface area contributed by atoms with Gasteiger partial charge in [0, 0.05) is 37.0 Å². The Kier molecular flexibility index (Phi) is 5.77. The highest BCUT2D eigenvalue weighted by Crippen LogP contribution is 2.36. The van der Waals surface area contributed by atoms with Gasteiger partial charge in [0.2, 0.25) is 5.91 Å². The van der Waals surface area contributed by atoms with Crippen LogP contribution < -0.4 is 4.74 Å². The quantitative estimate of drug-likeness (QED) is 0.389. The minimum Gasteiger partial charge on any atom is -0.457 e. The van der Waals surface area contributed by atoms with E-state index in [-0.39, 0.29) is 17.8 Å². The Bertz CT molecular complexity index is 1290. The predicted molar refractivity (Wildman–Crippen MR) is 123 cm³/mol. The number of halogens is 1. The molecule has 1 amide bonds. The first-order valence-electron chi connectivity index (χ1n) is 11.1. The van der Waals surface area contributed by atoms with Crippen LogP contribution >= 0.6 is 0 Å². The van der Waals surface area contributed by atoms with E-state index in [4.69, 9.17) is 9.72 Å². The van der Waals surface area contributed by atoms with Crippen molar-refractivity contribution in [3.8, 4) is 22.8 Å². The lowest BCUT2D eigenvalue weighted by atomic mass is 10.1. The SMILES string of the molecule is CC[CH]C(=O)N1CCC[C@H]1c1nc(-c2ccc(Oc3cccc(F)c3)cc2)c2cnccn12. The lowest BCUT2D eigenvalue weighted by Crippen LogP contribution is -2.31. The first kappa shape index (κ1) is 21.1. The number of nitrogens with zero attached hydrogens (tertiary/aromatic N) is 4. The first-order valence-corrected chi connectivity index (χ1v) is 11.1. The van der Waals surface area contributed by atoms with Crippen LogP contribution in [-0.4, -0.2) is 31.7 Å². The Morgan fingerprint density at radius 1 is 1.21 bits per heavy atom. The summed E-state index contributed by atoms with van der Waals surface area (Å²) in [5, 5.41) is 0. The molecule has 0 saturated carbocycles. The summed E-state index contributed by atoms with van der Waals surface area (Å²) in [6.45, 7) is 2.71. The molecule has 0 spiro atoms. The summed E-state index contributed by atoms with van der Waals surface area (Å²) in [7, 11) is 0. The van der Waals surface area contributed by atoms with E-state index >= 15 is 0 Å². The zero-order chi connectivity index (χ0) is 22.8. The highest BCUT2D eigenvalue weighted by molar-refractivity contribution is 5.85. The number of fused-ring (bicyclic) bond motifs is 1. The number of likely N-dealkylation sites (tertiary alicyclic amines) is 1. The van der Waals surface area contributed by atoms with Crippen molar-refractivity contribution in [1.29, 1.82) is 0 Å². The molecule has 2 aromatic carbocycles. The van der Waals surface area contributed by atoms with Gasteiger partial charge in [0.25, 0.3) is 0 Å². The summed E-state index contributed by atoms with van der Waals surface area (Å²) in [5.41, 5.74) is 2.59. The van der Waals surface area contributed by atoms with Gasteiger partial charge in [-0.2, -0.15) is 0 Å². The molecule has 1 saturated heterocycles. The third kappa shape index (κ3) is 4.18. The van der Waals surface area contributed by atoms with Gasteiger partial charge in [0.05, 0.1) is 23.4 Å². The van der Waals surface area contributed by atoms with Crippen LogP contribution in [0.5, 0.6) is 11.5 Å². The summed E-state index contributed by atoms with van der Waals surface area (Å²) in [6.07, 6.45) is 9.70. The number of benzene rings is 2. The third-order valence-electron chi connectivity index (χ3n) is 5.85.